The number of fused-ring (bicyclic) bond motifs is 4. The lowest BCUT2D eigenvalue weighted by Gasteiger charge is -2.29. The summed E-state index contributed by atoms with van der Waals surface area (Å²) < 4.78 is 1.38. The molecule has 7 nitrogen and oxygen atoms in total. The van der Waals surface area contributed by atoms with Gasteiger partial charge in [-0.25, -0.2) is 0 Å². The molecule has 1 N–H and O–H groups in total. The smallest absolute Gasteiger partial charge is 0.219 e. The molecule has 0 saturated carbocycles. The minimum absolute atomic E-state index is 0.0434. The molecule has 2 amide bonds. The third kappa shape index (κ3) is 7.90. The molecule has 0 spiro atoms. The number of amides is 2. The number of carbonyl (C=O) groups is 2. The molecule has 2 aromatic carbocycles. The fraction of sp³-hybridized carbons (Fsp3) is 0.333. The maximum Gasteiger partial charge on any atom is 0.219 e. The normalized spacial score (nSPS) is 16.6. The number of nitrogens with zero attached hydrogens (tertiary/aromatic N) is 3. The number of halogens is 5. The van der Waals surface area contributed by atoms with Gasteiger partial charge in [0.2, 0.25) is 11.8 Å². The van der Waals surface area contributed by atoms with Crippen LogP contribution in [0.25, 0.3) is 11.1 Å². The summed E-state index contributed by atoms with van der Waals surface area (Å²) >= 11 is 26.0. The van der Waals surface area contributed by atoms with Gasteiger partial charge in [-0.2, -0.15) is 0 Å². The molecule has 8 rings (SSSR count). The average molecular weight is 914 g/mol. The van der Waals surface area contributed by atoms with Crippen LogP contribution in [0.1, 0.15) is 84.3 Å². The average Bonchev–Trinajstić information content (AvgIpc) is 3.43. The van der Waals surface area contributed by atoms with Crippen molar-refractivity contribution in [3.8, 4) is 0 Å². The van der Waals surface area contributed by atoms with E-state index in [0.717, 1.165) is 106 Å². The van der Waals surface area contributed by atoms with Gasteiger partial charge < -0.3 is 14.8 Å². The highest BCUT2D eigenvalue weighted by Crippen LogP contribution is 2.42. The molecule has 0 radical (unpaired) electrons. The third-order valence-corrected chi connectivity index (χ3v) is 13.3. The molecule has 0 bridgehead atoms. The van der Waals surface area contributed by atoms with E-state index in [-0.39, 0.29) is 17.2 Å². The first-order valence-electron chi connectivity index (χ1n) is 18.2. The van der Waals surface area contributed by atoms with Crippen molar-refractivity contribution in [1.82, 2.24) is 19.8 Å². The molecule has 54 heavy (non-hydrogen) atoms. The van der Waals surface area contributed by atoms with Gasteiger partial charge in [0.1, 0.15) is 0 Å². The Morgan fingerprint density at radius 1 is 0.685 bits per heavy atom. The zero-order chi connectivity index (χ0) is 38.3. The van der Waals surface area contributed by atoms with E-state index in [2.05, 4.69) is 55.0 Å². The van der Waals surface area contributed by atoms with Crippen molar-refractivity contribution >= 4 is 89.6 Å². The van der Waals surface area contributed by atoms with Gasteiger partial charge >= 0.3 is 0 Å². The Kier molecular flexibility index (Phi) is 11.9. The number of aromatic nitrogens is 2. The maximum atomic E-state index is 12.8. The Balaban J connectivity index is 0.000000167. The van der Waals surface area contributed by atoms with Crippen LogP contribution in [0.15, 0.2) is 73.7 Å². The predicted octanol–water partition coefficient (Wildman–Crippen LogP) is 10.0. The number of likely N-dealkylation sites (tertiary alicyclic amines) is 2. The van der Waals surface area contributed by atoms with E-state index in [0.29, 0.717) is 29.0 Å². The molecule has 2 aliphatic carbocycles. The number of rotatable bonds is 0. The van der Waals surface area contributed by atoms with Crippen LogP contribution in [0.3, 0.4) is 0 Å². The standard InChI is InChI=1S/C21H19BrCl2N2O.C21H20BrClN2O2/c1-12(27)26-8-6-13(7-9-26)19-16-5-3-15(23)10-14(16)2-4-17-20(24)18(22)11-25-21(17)19;1-12(26)25-8-6-13(7-9-25)19-16-5-3-15(23)10-14(16)2-4-17-20(19)24-11-18(22)21(17)27/h3,5,10-11H,2,4,6-9H2,1H3;3,5,10-11H,2,4,6-9H2,1H3,(H,24,27). The zero-order valence-electron chi connectivity index (χ0n) is 30.1. The Morgan fingerprint density at radius 2 is 1.19 bits per heavy atom. The van der Waals surface area contributed by atoms with Gasteiger partial charge in [0, 0.05) is 79.2 Å². The summed E-state index contributed by atoms with van der Waals surface area (Å²) in [6.45, 7) is 6.17. The molecule has 280 valence electrons. The van der Waals surface area contributed by atoms with Crippen molar-refractivity contribution < 1.29 is 9.59 Å². The number of hydrogen-bond acceptors (Lipinski definition) is 4. The first kappa shape index (κ1) is 39.0. The highest BCUT2D eigenvalue weighted by Gasteiger charge is 2.29. The molecule has 4 aromatic rings. The molecular weight excluding hydrogens is 875 g/mol. The van der Waals surface area contributed by atoms with Crippen molar-refractivity contribution in [2.75, 3.05) is 26.2 Å². The Labute approximate surface area is 347 Å². The fourth-order valence-corrected chi connectivity index (χ4v) is 9.49. The molecule has 2 aliphatic heterocycles. The Bertz CT molecular complexity index is 2300. The number of hydrogen-bond donors (Lipinski definition) is 1. The van der Waals surface area contributed by atoms with E-state index >= 15 is 0 Å². The Hall–Kier alpha value is -3.21. The first-order chi connectivity index (χ1) is 25.9. The summed E-state index contributed by atoms with van der Waals surface area (Å²) in [6, 6.07) is 12.1. The van der Waals surface area contributed by atoms with Crippen LogP contribution in [-0.4, -0.2) is 57.8 Å². The number of carbonyl (C=O) groups excluding carboxylic acids is 2. The van der Waals surface area contributed by atoms with Crippen molar-refractivity contribution in [2.24, 2.45) is 0 Å². The summed E-state index contributed by atoms with van der Waals surface area (Å²) in [5.74, 6) is 0.252. The van der Waals surface area contributed by atoms with Crippen molar-refractivity contribution in [3.63, 3.8) is 0 Å². The number of H-pyrrole nitrogens is 1. The zero-order valence-corrected chi connectivity index (χ0v) is 35.5. The number of nitrogens with one attached hydrogen (secondary N) is 1. The number of aryl methyl sites for hydroxylation is 2. The lowest BCUT2D eigenvalue weighted by Crippen LogP contribution is -2.34. The summed E-state index contributed by atoms with van der Waals surface area (Å²) in [5.41, 5.74) is 13.5. The summed E-state index contributed by atoms with van der Waals surface area (Å²) in [5, 5.41) is 2.19. The van der Waals surface area contributed by atoms with Crippen LogP contribution in [-0.2, 0) is 35.3 Å². The van der Waals surface area contributed by atoms with Crippen molar-refractivity contribution in [3.05, 3.63) is 139 Å². The van der Waals surface area contributed by atoms with Crippen LogP contribution in [0, 0.1) is 0 Å². The van der Waals surface area contributed by atoms with Gasteiger partial charge in [0.05, 0.1) is 25.4 Å². The maximum absolute atomic E-state index is 12.8. The Morgan fingerprint density at radius 3 is 1.72 bits per heavy atom. The number of aromatic amines is 1. The van der Waals surface area contributed by atoms with Gasteiger partial charge in [-0.15, -0.1) is 0 Å². The van der Waals surface area contributed by atoms with Crippen LogP contribution >= 0.6 is 66.7 Å². The summed E-state index contributed by atoms with van der Waals surface area (Å²) in [6.07, 6.45) is 10.00. The lowest BCUT2D eigenvalue weighted by atomic mass is 9.88. The molecule has 0 atom stereocenters. The van der Waals surface area contributed by atoms with E-state index in [1.165, 1.54) is 33.4 Å². The first-order valence-corrected chi connectivity index (χ1v) is 20.9. The van der Waals surface area contributed by atoms with Crippen LogP contribution in [0.2, 0.25) is 15.1 Å². The van der Waals surface area contributed by atoms with Gasteiger partial charge in [0.25, 0.3) is 0 Å². The number of pyridine rings is 2. The SMILES string of the molecule is CC(=O)N1CCC(=C2c3ccc(Cl)cc3CCc3c2[nH]cc(Br)c3=O)CC1.CC(=O)N1CCC(=C2c3ccc(Cl)cc3CCc3c2ncc(Br)c3Cl)CC1. The summed E-state index contributed by atoms with van der Waals surface area (Å²) in [4.78, 5) is 48.1. The largest absolute Gasteiger partial charge is 0.360 e. The van der Waals surface area contributed by atoms with E-state index in [4.69, 9.17) is 39.8 Å². The monoisotopic (exact) mass is 910 g/mol. The van der Waals surface area contributed by atoms with Gasteiger partial charge in [-0.1, -0.05) is 58.1 Å². The van der Waals surface area contributed by atoms with Crippen LogP contribution in [0.5, 0.6) is 0 Å². The highest BCUT2D eigenvalue weighted by atomic mass is 79.9. The second kappa shape index (κ2) is 16.5. The number of piperidine rings is 2. The molecule has 2 saturated heterocycles. The van der Waals surface area contributed by atoms with E-state index < -0.39 is 0 Å². The molecule has 4 aliphatic rings. The summed E-state index contributed by atoms with van der Waals surface area (Å²) in [7, 11) is 0. The van der Waals surface area contributed by atoms with E-state index in [1.54, 1.807) is 26.2 Å². The molecule has 2 fully saturated rings. The predicted molar refractivity (Wildman–Crippen MR) is 224 cm³/mol. The van der Waals surface area contributed by atoms with Gasteiger partial charge in [0.15, 0.2) is 5.43 Å². The molecule has 0 unspecified atom stereocenters. The molecule has 12 heteroatoms. The lowest BCUT2D eigenvalue weighted by molar-refractivity contribution is -0.130. The van der Waals surface area contributed by atoms with Crippen molar-refractivity contribution in [1.29, 1.82) is 0 Å². The van der Waals surface area contributed by atoms with Crippen LogP contribution < -0.4 is 5.43 Å². The topological polar surface area (TPSA) is 86.4 Å². The van der Waals surface area contributed by atoms with Crippen molar-refractivity contribution in [2.45, 2.75) is 65.2 Å². The van der Waals surface area contributed by atoms with E-state index in [9.17, 15) is 14.4 Å². The molecule has 2 aromatic heterocycles. The van der Waals surface area contributed by atoms with Crippen LogP contribution in [0.4, 0.5) is 0 Å². The highest BCUT2D eigenvalue weighted by molar-refractivity contribution is 9.10. The number of benzene rings is 2. The van der Waals surface area contributed by atoms with E-state index in [1.807, 2.05) is 28.0 Å². The molecule has 4 heterocycles. The van der Waals surface area contributed by atoms with Gasteiger partial charge in [-0.05, 0) is 135 Å². The quantitative estimate of drug-likeness (QED) is 0.190. The minimum Gasteiger partial charge on any atom is -0.360 e. The molecular formula is C42H39Br2Cl3N4O3. The minimum atomic E-state index is 0.0434. The third-order valence-electron chi connectivity index (χ3n) is 11.0. The fourth-order valence-electron chi connectivity index (χ4n) is 8.17. The second-order valence-electron chi connectivity index (χ2n) is 14.1. The van der Waals surface area contributed by atoms with Gasteiger partial charge in [-0.3, -0.25) is 19.4 Å². The second-order valence-corrected chi connectivity index (χ2v) is 17.1.